The number of pyridine rings is 1. The molecule has 2 aromatic carbocycles. The van der Waals surface area contributed by atoms with E-state index in [2.05, 4.69) is 15.6 Å². The number of hydrogen-bond donors (Lipinski definition) is 2. The summed E-state index contributed by atoms with van der Waals surface area (Å²) in [5.74, 6) is -0.782. The van der Waals surface area contributed by atoms with E-state index in [0.717, 1.165) is 36.8 Å². The van der Waals surface area contributed by atoms with Crippen molar-refractivity contribution in [3.05, 3.63) is 89.7 Å². The monoisotopic (exact) mass is 484 g/mol. The topological polar surface area (TPSA) is 91.4 Å². The van der Waals surface area contributed by atoms with Crippen LogP contribution < -0.4 is 15.5 Å². The number of nitrogens with zero attached hydrogens (tertiary/aromatic N) is 2. The van der Waals surface area contributed by atoms with Crippen LogP contribution in [-0.2, 0) is 9.59 Å². The maximum Gasteiger partial charge on any atom is 0.277 e. The Bertz CT molecular complexity index is 1200. The molecule has 7 nitrogen and oxygen atoms in total. The highest BCUT2D eigenvalue weighted by atomic mass is 16.2. The minimum absolute atomic E-state index is 0.0895. The molecule has 3 aromatic rings. The molecule has 1 aromatic heterocycles. The quantitative estimate of drug-likeness (QED) is 0.483. The fourth-order valence-corrected chi connectivity index (χ4v) is 4.72. The lowest BCUT2D eigenvalue weighted by atomic mass is 9.93. The van der Waals surface area contributed by atoms with Gasteiger partial charge >= 0.3 is 0 Å². The molecule has 2 N–H and O–H groups in total. The van der Waals surface area contributed by atoms with Crippen molar-refractivity contribution < 1.29 is 14.4 Å². The molecular weight excluding hydrogens is 452 g/mol. The zero-order valence-corrected chi connectivity index (χ0v) is 20.7. The molecule has 4 rings (SSSR count). The number of benzene rings is 2. The second-order valence-electron chi connectivity index (χ2n) is 9.22. The highest BCUT2D eigenvalue weighted by Crippen LogP contribution is 2.32. The standard InChI is InChI=1S/C29H32N4O3/c1-20-10-6-7-13-25(20)27(28(35)32-22-11-4-3-5-12-22)33(29(36)26-14-8-9-19-30-26)24-17-15-23(16-18-24)31-21(2)34/h6-10,13-19,22,27H,3-5,11-12H2,1-2H3,(H,31,34)(H,32,35)/t27-/m0/s1. The Kier molecular flexibility index (Phi) is 8.10. The molecule has 186 valence electrons. The molecule has 1 aliphatic rings. The maximum atomic E-state index is 13.9. The average molecular weight is 485 g/mol. The normalized spacial score (nSPS) is 14.5. The van der Waals surface area contributed by atoms with Crippen LogP contribution in [0, 0.1) is 6.92 Å². The molecule has 1 heterocycles. The van der Waals surface area contributed by atoms with Crippen molar-refractivity contribution in [3.8, 4) is 0 Å². The van der Waals surface area contributed by atoms with Crippen LogP contribution >= 0.6 is 0 Å². The smallest absolute Gasteiger partial charge is 0.277 e. The van der Waals surface area contributed by atoms with Crippen LogP contribution in [-0.4, -0.2) is 28.7 Å². The van der Waals surface area contributed by atoms with Gasteiger partial charge < -0.3 is 10.6 Å². The highest BCUT2D eigenvalue weighted by molar-refractivity contribution is 6.09. The molecule has 1 saturated carbocycles. The first-order valence-corrected chi connectivity index (χ1v) is 12.4. The number of anilines is 2. The highest BCUT2D eigenvalue weighted by Gasteiger charge is 2.35. The average Bonchev–Trinajstić information content (AvgIpc) is 2.89. The van der Waals surface area contributed by atoms with Gasteiger partial charge in [0, 0.05) is 30.5 Å². The van der Waals surface area contributed by atoms with Crippen molar-refractivity contribution in [2.45, 2.75) is 58.0 Å². The zero-order chi connectivity index (χ0) is 25.5. The first kappa shape index (κ1) is 25.1. The molecule has 0 radical (unpaired) electrons. The number of hydrogen-bond acceptors (Lipinski definition) is 4. The fourth-order valence-electron chi connectivity index (χ4n) is 4.72. The Morgan fingerprint density at radius 2 is 1.61 bits per heavy atom. The van der Waals surface area contributed by atoms with Crippen molar-refractivity contribution in [2.24, 2.45) is 0 Å². The summed E-state index contributed by atoms with van der Waals surface area (Å²) in [6.07, 6.45) is 6.79. The van der Waals surface area contributed by atoms with Crippen LogP contribution in [0.5, 0.6) is 0 Å². The van der Waals surface area contributed by atoms with Crippen LogP contribution in [0.4, 0.5) is 11.4 Å². The number of amides is 3. The van der Waals surface area contributed by atoms with Gasteiger partial charge in [-0.15, -0.1) is 0 Å². The van der Waals surface area contributed by atoms with Gasteiger partial charge in [-0.2, -0.15) is 0 Å². The van der Waals surface area contributed by atoms with E-state index in [1.807, 2.05) is 31.2 Å². The van der Waals surface area contributed by atoms with E-state index in [1.165, 1.54) is 18.2 Å². The molecule has 1 atom stereocenters. The molecule has 1 fully saturated rings. The van der Waals surface area contributed by atoms with Crippen molar-refractivity contribution in [1.29, 1.82) is 0 Å². The predicted octanol–water partition coefficient (Wildman–Crippen LogP) is 5.19. The summed E-state index contributed by atoms with van der Waals surface area (Å²) < 4.78 is 0. The summed E-state index contributed by atoms with van der Waals surface area (Å²) in [5.41, 5.74) is 3.05. The summed E-state index contributed by atoms with van der Waals surface area (Å²) in [6, 6.07) is 18.9. The number of nitrogens with one attached hydrogen (secondary N) is 2. The van der Waals surface area contributed by atoms with Crippen LogP contribution in [0.3, 0.4) is 0 Å². The van der Waals surface area contributed by atoms with Crippen LogP contribution in [0.2, 0.25) is 0 Å². The van der Waals surface area contributed by atoms with Gasteiger partial charge in [-0.05, 0) is 67.3 Å². The molecule has 36 heavy (non-hydrogen) atoms. The second kappa shape index (κ2) is 11.6. The minimum atomic E-state index is -0.894. The predicted molar refractivity (Wildman–Crippen MR) is 141 cm³/mol. The van der Waals surface area contributed by atoms with E-state index < -0.39 is 6.04 Å². The van der Waals surface area contributed by atoms with E-state index in [0.29, 0.717) is 11.4 Å². The second-order valence-corrected chi connectivity index (χ2v) is 9.22. The lowest BCUT2D eigenvalue weighted by Crippen LogP contribution is -2.47. The Balaban J connectivity index is 1.80. The first-order valence-electron chi connectivity index (χ1n) is 12.4. The number of carbonyl (C=O) groups is 3. The molecule has 3 amide bonds. The molecule has 7 heteroatoms. The molecule has 0 saturated heterocycles. The molecular formula is C29H32N4O3. The fraction of sp³-hybridized carbons (Fsp3) is 0.310. The minimum Gasteiger partial charge on any atom is -0.351 e. The summed E-state index contributed by atoms with van der Waals surface area (Å²) in [6.45, 7) is 3.38. The van der Waals surface area contributed by atoms with E-state index in [4.69, 9.17) is 0 Å². The van der Waals surface area contributed by atoms with Crippen molar-refractivity contribution >= 4 is 29.1 Å². The van der Waals surface area contributed by atoms with E-state index in [1.54, 1.807) is 48.7 Å². The largest absolute Gasteiger partial charge is 0.351 e. The van der Waals surface area contributed by atoms with Crippen LogP contribution in [0.25, 0.3) is 0 Å². The third-order valence-electron chi connectivity index (χ3n) is 6.51. The lowest BCUT2D eigenvalue weighted by Gasteiger charge is -2.34. The van der Waals surface area contributed by atoms with Gasteiger partial charge in [0.1, 0.15) is 11.7 Å². The lowest BCUT2D eigenvalue weighted by molar-refractivity contribution is -0.123. The summed E-state index contributed by atoms with van der Waals surface area (Å²) in [4.78, 5) is 45.2. The van der Waals surface area contributed by atoms with Gasteiger partial charge in [-0.25, -0.2) is 0 Å². The van der Waals surface area contributed by atoms with E-state index in [9.17, 15) is 14.4 Å². The first-order chi connectivity index (χ1) is 17.4. The van der Waals surface area contributed by atoms with E-state index >= 15 is 0 Å². The third kappa shape index (κ3) is 5.97. The number of aryl methyl sites for hydroxylation is 1. The SMILES string of the molecule is CC(=O)Nc1ccc(N(C(=O)c2ccccn2)[C@H](C(=O)NC2CCCCC2)c2ccccc2C)cc1. The number of carbonyl (C=O) groups excluding carboxylic acids is 3. The number of aromatic nitrogens is 1. The van der Waals surface area contributed by atoms with E-state index in [-0.39, 0.29) is 29.5 Å². The Morgan fingerprint density at radius 1 is 0.917 bits per heavy atom. The van der Waals surface area contributed by atoms with Crippen molar-refractivity contribution in [3.63, 3.8) is 0 Å². The van der Waals surface area contributed by atoms with Gasteiger partial charge in [-0.3, -0.25) is 24.3 Å². The van der Waals surface area contributed by atoms with Gasteiger partial charge in [0.25, 0.3) is 5.91 Å². The molecule has 0 bridgehead atoms. The van der Waals surface area contributed by atoms with Gasteiger partial charge in [0.05, 0.1) is 0 Å². The Labute approximate surface area is 211 Å². The summed E-state index contributed by atoms with van der Waals surface area (Å²) in [5, 5.41) is 5.97. The number of rotatable bonds is 7. The molecule has 0 aliphatic heterocycles. The third-order valence-corrected chi connectivity index (χ3v) is 6.51. The Morgan fingerprint density at radius 3 is 2.25 bits per heavy atom. The van der Waals surface area contributed by atoms with Crippen LogP contribution in [0.1, 0.15) is 66.7 Å². The summed E-state index contributed by atoms with van der Waals surface area (Å²) in [7, 11) is 0. The zero-order valence-electron chi connectivity index (χ0n) is 20.7. The van der Waals surface area contributed by atoms with Crippen LogP contribution in [0.15, 0.2) is 72.9 Å². The van der Waals surface area contributed by atoms with Gasteiger partial charge in [0.2, 0.25) is 11.8 Å². The van der Waals surface area contributed by atoms with Crippen molar-refractivity contribution in [1.82, 2.24) is 10.3 Å². The molecule has 0 spiro atoms. The maximum absolute atomic E-state index is 13.9. The summed E-state index contributed by atoms with van der Waals surface area (Å²) >= 11 is 0. The molecule has 1 aliphatic carbocycles. The molecule has 0 unspecified atom stereocenters. The van der Waals surface area contributed by atoms with Crippen molar-refractivity contribution in [2.75, 3.05) is 10.2 Å². The van der Waals surface area contributed by atoms with Gasteiger partial charge in [-0.1, -0.05) is 49.6 Å². The van der Waals surface area contributed by atoms with Gasteiger partial charge in [0.15, 0.2) is 0 Å². The Hall–Kier alpha value is -4.00.